The van der Waals surface area contributed by atoms with Crippen LogP contribution in [0.4, 0.5) is 10.1 Å². The van der Waals surface area contributed by atoms with Gasteiger partial charge in [-0.15, -0.1) is 12.4 Å². The number of nitrogens with two attached hydrogens (primary N) is 1. The predicted molar refractivity (Wildman–Crippen MR) is 78.6 cm³/mol. The molecule has 20 heavy (non-hydrogen) atoms. The quantitative estimate of drug-likeness (QED) is 0.927. The number of nitrogens with zero attached hydrogens (tertiary/aromatic N) is 1. The molecule has 0 aromatic heterocycles. The minimum Gasteiger partial charge on any atom is -0.364 e. The first-order valence-electron chi connectivity index (χ1n) is 6.58. The number of ether oxygens (including phenoxy) is 1. The van der Waals surface area contributed by atoms with Crippen molar-refractivity contribution in [2.75, 3.05) is 18.0 Å². The molecule has 4 nitrogen and oxygen atoms in total. The summed E-state index contributed by atoms with van der Waals surface area (Å²) in [6.45, 7) is 2.85. The molecule has 0 saturated carbocycles. The zero-order valence-electron chi connectivity index (χ0n) is 11.4. The third-order valence-electron chi connectivity index (χ3n) is 3.37. The highest BCUT2D eigenvalue weighted by molar-refractivity contribution is 5.96. The van der Waals surface area contributed by atoms with E-state index in [2.05, 4.69) is 0 Å². The van der Waals surface area contributed by atoms with Crippen molar-refractivity contribution < 1.29 is 13.9 Å². The first-order chi connectivity index (χ1) is 9.15. The van der Waals surface area contributed by atoms with Gasteiger partial charge >= 0.3 is 0 Å². The Morgan fingerprint density at radius 2 is 2.05 bits per heavy atom. The number of likely N-dealkylation sites (N-methyl/N-ethyl adjacent to an activating group) is 1. The fourth-order valence-corrected chi connectivity index (χ4v) is 2.32. The summed E-state index contributed by atoms with van der Waals surface area (Å²) >= 11 is 0. The van der Waals surface area contributed by atoms with Gasteiger partial charge in [-0.2, -0.15) is 0 Å². The fourth-order valence-electron chi connectivity index (χ4n) is 2.32. The van der Waals surface area contributed by atoms with Crippen molar-refractivity contribution in [2.45, 2.75) is 32.0 Å². The highest BCUT2D eigenvalue weighted by atomic mass is 35.5. The molecular formula is C14H20ClFN2O2. The molecule has 1 aliphatic heterocycles. The van der Waals surface area contributed by atoms with Gasteiger partial charge in [-0.3, -0.25) is 4.79 Å². The lowest BCUT2D eigenvalue weighted by molar-refractivity contribution is -0.129. The first-order valence-corrected chi connectivity index (χ1v) is 6.58. The van der Waals surface area contributed by atoms with Gasteiger partial charge in [-0.1, -0.05) is 0 Å². The van der Waals surface area contributed by atoms with Crippen molar-refractivity contribution in [3.8, 4) is 0 Å². The topological polar surface area (TPSA) is 55.6 Å². The molecule has 0 bridgehead atoms. The largest absolute Gasteiger partial charge is 0.364 e. The van der Waals surface area contributed by atoms with Crippen molar-refractivity contribution in [3.05, 3.63) is 30.1 Å². The lowest BCUT2D eigenvalue weighted by Gasteiger charge is -2.24. The summed E-state index contributed by atoms with van der Waals surface area (Å²) < 4.78 is 18.5. The van der Waals surface area contributed by atoms with Crippen molar-refractivity contribution in [1.82, 2.24) is 0 Å². The molecule has 112 valence electrons. The van der Waals surface area contributed by atoms with Crippen LogP contribution in [-0.4, -0.2) is 31.2 Å². The van der Waals surface area contributed by atoms with Crippen molar-refractivity contribution >= 4 is 24.0 Å². The minimum absolute atomic E-state index is 0. The van der Waals surface area contributed by atoms with Crippen LogP contribution < -0.4 is 10.6 Å². The highest BCUT2D eigenvalue weighted by Gasteiger charge is 2.32. The van der Waals surface area contributed by atoms with Crippen LogP contribution in [0, 0.1) is 5.82 Å². The summed E-state index contributed by atoms with van der Waals surface area (Å²) in [6.07, 6.45) is 1.05. The number of carbonyl (C=O) groups is 1. The number of hydrogen-bond donors (Lipinski definition) is 1. The summed E-state index contributed by atoms with van der Waals surface area (Å²) in [5, 5.41) is 0. The normalized spacial score (nSPS) is 21.4. The van der Waals surface area contributed by atoms with E-state index < -0.39 is 6.10 Å². The molecule has 2 N–H and O–H groups in total. The van der Waals surface area contributed by atoms with E-state index in [0.29, 0.717) is 25.2 Å². The summed E-state index contributed by atoms with van der Waals surface area (Å²) in [5.41, 5.74) is 6.23. The van der Waals surface area contributed by atoms with Crippen molar-refractivity contribution in [1.29, 1.82) is 0 Å². The second kappa shape index (κ2) is 7.57. The van der Waals surface area contributed by atoms with Crippen molar-refractivity contribution in [2.24, 2.45) is 5.73 Å². The Kier molecular flexibility index (Phi) is 6.39. The van der Waals surface area contributed by atoms with Crippen LogP contribution >= 0.6 is 12.4 Å². The molecule has 1 aromatic rings. The molecule has 1 aromatic carbocycles. The van der Waals surface area contributed by atoms with E-state index in [1.807, 2.05) is 6.92 Å². The molecule has 0 spiro atoms. The van der Waals surface area contributed by atoms with E-state index in [0.717, 1.165) is 6.42 Å². The first kappa shape index (κ1) is 16.9. The average Bonchev–Trinajstić information content (AvgIpc) is 2.90. The Labute approximate surface area is 124 Å². The number of anilines is 1. The third-order valence-corrected chi connectivity index (χ3v) is 3.37. The molecule has 1 amide bonds. The molecule has 1 aliphatic rings. The van der Waals surface area contributed by atoms with Gasteiger partial charge in [0.1, 0.15) is 11.9 Å². The fraction of sp³-hybridized carbons (Fsp3) is 0.500. The van der Waals surface area contributed by atoms with Gasteiger partial charge in [0, 0.05) is 18.8 Å². The van der Waals surface area contributed by atoms with Crippen LogP contribution in [0.1, 0.15) is 19.8 Å². The Morgan fingerprint density at radius 1 is 1.40 bits per heavy atom. The number of carbonyl (C=O) groups excluding carboxylic acids is 1. The molecule has 1 heterocycles. The molecule has 0 aliphatic carbocycles. The third kappa shape index (κ3) is 3.69. The Hall–Kier alpha value is -1.17. The zero-order chi connectivity index (χ0) is 13.8. The molecular weight excluding hydrogens is 283 g/mol. The second-order valence-electron chi connectivity index (χ2n) is 4.62. The van der Waals surface area contributed by atoms with Crippen LogP contribution in [0.15, 0.2) is 24.3 Å². The van der Waals surface area contributed by atoms with Gasteiger partial charge in [0.25, 0.3) is 5.91 Å². The maximum Gasteiger partial charge on any atom is 0.256 e. The smallest absolute Gasteiger partial charge is 0.256 e. The Balaban J connectivity index is 0.00000200. The maximum atomic E-state index is 12.9. The molecule has 1 saturated heterocycles. The molecule has 1 fully saturated rings. The Bertz CT molecular complexity index is 441. The molecule has 6 heteroatoms. The molecule has 2 rings (SSSR count). The standard InChI is InChI=1S/C14H19FN2O2.ClH/c1-2-17(11-5-3-10(15)4-6-11)14(18)13-8-7-12(9-16)19-13;/h3-6,12-13H,2,7-9,16H2,1H3;1H/t12-,13+;/m1./s1. The zero-order valence-corrected chi connectivity index (χ0v) is 12.2. The van der Waals surface area contributed by atoms with Crippen LogP contribution in [0.2, 0.25) is 0 Å². The van der Waals surface area contributed by atoms with Crippen molar-refractivity contribution in [3.63, 3.8) is 0 Å². The van der Waals surface area contributed by atoms with E-state index >= 15 is 0 Å². The summed E-state index contributed by atoms with van der Waals surface area (Å²) in [7, 11) is 0. The lowest BCUT2D eigenvalue weighted by Crippen LogP contribution is -2.39. The van der Waals surface area contributed by atoms with Gasteiger partial charge in [0.05, 0.1) is 6.10 Å². The summed E-state index contributed by atoms with van der Waals surface area (Å²) in [5.74, 6) is -0.391. The molecule has 0 radical (unpaired) electrons. The average molecular weight is 303 g/mol. The van der Waals surface area contributed by atoms with Crippen LogP contribution in [-0.2, 0) is 9.53 Å². The monoisotopic (exact) mass is 302 g/mol. The summed E-state index contributed by atoms with van der Waals surface area (Å²) in [6, 6.07) is 5.91. The molecule has 2 atom stereocenters. The SMILES string of the molecule is CCN(C(=O)[C@@H]1CC[C@H](CN)O1)c1ccc(F)cc1.Cl. The number of rotatable bonds is 4. The Morgan fingerprint density at radius 3 is 2.55 bits per heavy atom. The molecule has 0 unspecified atom stereocenters. The minimum atomic E-state index is -0.432. The lowest BCUT2D eigenvalue weighted by atomic mass is 10.1. The van der Waals surface area contributed by atoms with E-state index in [1.54, 1.807) is 17.0 Å². The van der Waals surface area contributed by atoms with E-state index in [9.17, 15) is 9.18 Å². The number of hydrogen-bond acceptors (Lipinski definition) is 3. The van der Waals surface area contributed by atoms with Gasteiger partial charge in [-0.25, -0.2) is 4.39 Å². The number of halogens is 2. The van der Waals surface area contributed by atoms with Crippen LogP contribution in [0.5, 0.6) is 0 Å². The van der Waals surface area contributed by atoms with E-state index in [1.165, 1.54) is 12.1 Å². The van der Waals surface area contributed by atoms with Crippen LogP contribution in [0.25, 0.3) is 0 Å². The number of benzene rings is 1. The highest BCUT2D eigenvalue weighted by Crippen LogP contribution is 2.23. The van der Waals surface area contributed by atoms with Gasteiger partial charge in [-0.05, 0) is 44.0 Å². The van der Waals surface area contributed by atoms with E-state index in [4.69, 9.17) is 10.5 Å². The van der Waals surface area contributed by atoms with Gasteiger partial charge in [0.15, 0.2) is 0 Å². The summed E-state index contributed by atoms with van der Waals surface area (Å²) in [4.78, 5) is 14.0. The maximum absolute atomic E-state index is 12.9. The van der Waals surface area contributed by atoms with Crippen LogP contribution in [0.3, 0.4) is 0 Å². The predicted octanol–water partition coefficient (Wildman–Crippen LogP) is 2.11. The number of amides is 1. The van der Waals surface area contributed by atoms with Gasteiger partial charge < -0.3 is 15.4 Å². The van der Waals surface area contributed by atoms with E-state index in [-0.39, 0.29) is 30.2 Å². The second-order valence-corrected chi connectivity index (χ2v) is 4.62. The van der Waals surface area contributed by atoms with Gasteiger partial charge in [0.2, 0.25) is 0 Å².